The van der Waals surface area contributed by atoms with Gasteiger partial charge in [0.15, 0.2) is 0 Å². The van der Waals surface area contributed by atoms with Crippen LogP contribution < -0.4 is 16.0 Å². The van der Waals surface area contributed by atoms with Crippen molar-refractivity contribution in [2.45, 2.75) is 77.2 Å². The second-order valence-electron chi connectivity index (χ2n) is 11.0. The van der Waals surface area contributed by atoms with Gasteiger partial charge in [-0.05, 0) is 58.1 Å². The Labute approximate surface area is 208 Å². The fourth-order valence-electron chi connectivity index (χ4n) is 5.01. The molecule has 8 heteroatoms. The lowest BCUT2D eigenvalue weighted by Gasteiger charge is -2.34. The molecule has 35 heavy (non-hydrogen) atoms. The van der Waals surface area contributed by atoms with E-state index in [1.165, 1.54) is 16.5 Å². The zero-order valence-corrected chi connectivity index (χ0v) is 21.6. The largest absolute Gasteiger partial charge is 0.385 e. The number of ether oxygens (including phenoxy) is 1. The number of hydrogen-bond donors (Lipinski definition) is 3. The topological polar surface area (TPSA) is 87.6 Å². The van der Waals surface area contributed by atoms with Crippen LogP contribution in [-0.2, 0) is 22.6 Å². The molecule has 1 saturated carbocycles. The summed E-state index contributed by atoms with van der Waals surface area (Å²) in [6.45, 7) is 9.45. The summed E-state index contributed by atoms with van der Waals surface area (Å²) in [6.07, 6.45) is 5.95. The molecule has 1 aromatic heterocycles. The van der Waals surface area contributed by atoms with Crippen molar-refractivity contribution in [3.05, 3.63) is 36.0 Å². The second-order valence-corrected chi connectivity index (χ2v) is 11.0. The fourth-order valence-corrected chi connectivity index (χ4v) is 5.01. The number of carbonyl (C=O) groups excluding carboxylic acids is 2. The molecule has 2 fully saturated rings. The Hall–Kier alpha value is -2.58. The van der Waals surface area contributed by atoms with Crippen molar-refractivity contribution < 1.29 is 14.3 Å². The summed E-state index contributed by atoms with van der Waals surface area (Å²) in [5, 5.41) is 10.6. The van der Waals surface area contributed by atoms with Crippen LogP contribution in [0.3, 0.4) is 0 Å². The SMILES string of the molecule is COCCCn1cc(CN(C(=O)C2CNCC(NC(=O)NC(C)(C)C)C2)C2CC2)c2ccccc21. The van der Waals surface area contributed by atoms with Gasteiger partial charge in [-0.2, -0.15) is 0 Å². The van der Waals surface area contributed by atoms with E-state index in [9.17, 15) is 9.59 Å². The molecule has 0 bridgehead atoms. The van der Waals surface area contributed by atoms with Crippen LogP contribution >= 0.6 is 0 Å². The molecule has 1 saturated heterocycles. The number of urea groups is 1. The van der Waals surface area contributed by atoms with Gasteiger partial charge in [0.1, 0.15) is 0 Å². The van der Waals surface area contributed by atoms with Crippen LogP contribution in [0.4, 0.5) is 4.79 Å². The lowest BCUT2D eigenvalue weighted by molar-refractivity contribution is -0.137. The molecule has 2 heterocycles. The standard InChI is InChI=1S/C27H41N5O3/c1-27(2,3)30-26(34)29-21-14-19(15-28-16-21)25(33)32(22-10-11-22)18-20-17-31(12-7-13-35-4)24-9-6-5-8-23(20)24/h5-6,8-9,17,19,21-22,28H,7,10-16,18H2,1-4H3,(H2,29,30,34). The predicted molar refractivity (Wildman–Crippen MR) is 138 cm³/mol. The van der Waals surface area contributed by atoms with E-state index in [1.54, 1.807) is 7.11 Å². The van der Waals surface area contributed by atoms with E-state index in [0.29, 0.717) is 32.1 Å². The van der Waals surface area contributed by atoms with Gasteiger partial charge in [-0.3, -0.25) is 4.79 Å². The Morgan fingerprint density at radius 2 is 1.97 bits per heavy atom. The van der Waals surface area contributed by atoms with E-state index < -0.39 is 0 Å². The third-order valence-corrected chi connectivity index (χ3v) is 6.75. The molecule has 8 nitrogen and oxygen atoms in total. The van der Waals surface area contributed by atoms with E-state index in [1.807, 2.05) is 20.8 Å². The van der Waals surface area contributed by atoms with Crippen LogP contribution in [0.15, 0.2) is 30.5 Å². The highest BCUT2D eigenvalue weighted by atomic mass is 16.5. The molecule has 0 radical (unpaired) electrons. The van der Waals surface area contributed by atoms with Crippen LogP contribution in [0.2, 0.25) is 0 Å². The normalized spacial score (nSPS) is 20.6. The van der Waals surface area contributed by atoms with Gasteiger partial charge in [-0.15, -0.1) is 0 Å². The summed E-state index contributed by atoms with van der Waals surface area (Å²) in [4.78, 5) is 28.2. The molecular formula is C27H41N5O3. The molecule has 2 aromatic rings. The smallest absolute Gasteiger partial charge is 0.315 e. The van der Waals surface area contributed by atoms with E-state index in [-0.39, 0.29) is 29.4 Å². The Morgan fingerprint density at radius 1 is 1.20 bits per heavy atom. The fraction of sp³-hybridized carbons (Fsp3) is 0.630. The highest BCUT2D eigenvalue weighted by Crippen LogP contribution is 2.33. The molecule has 192 valence electrons. The van der Waals surface area contributed by atoms with Crippen molar-refractivity contribution in [2.75, 3.05) is 26.8 Å². The van der Waals surface area contributed by atoms with E-state index in [2.05, 4.69) is 55.9 Å². The minimum atomic E-state index is -0.299. The highest BCUT2D eigenvalue weighted by Gasteiger charge is 2.38. The minimum Gasteiger partial charge on any atom is -0.385 e. The second kappa shape index (κ2) is 11.0. The Kier molecular flexibility index (Phi) is 8.02. The third-order valence-electron chi connectivity index (χ3n) is 6.75. The predicted octanol–water partition coefficient (Wildman–Crippen LogP) is 3.24. The molecule has 2 aliphatic rings. The highest BCUT2D eigenvalue weighted by molar-refractivity contribution is 5.85. The monoisotopic (exact) mass is 483 g/mol. The molecule has 1 aromatic carbocycles. The number of rotatable bonds is 9. The average molecular weight is 484 g/mol. The first-order valence-electron chi connectivity index (χ1n) is 12.9. The van der Waals surface area contributed by atoms with Crippen molar-refractivity contribution in [2.24, 2.45) is 5.92 Å². The number of amides is 3. The number of hydrogen-bond acceptors (Lipinski definition) is 4. The summed E-state index contributed by atoms with van der Waals surface area (Å²) >= 11 is 0. The average Bonchev–Trinajstić information content (AvgIpc) is 3.59. The lowest BCUT2D eigenvalue weighted by atomic mass is 9.94. The summed E-state index contributed by atoms with van der Waals surface area (Å²) in [5.41, 5.74) is 2.10. The van der Waals surface area contributed by atoms with Crippen LogP contribution in [0.5, 0.6) is 0 Å². The zero-order chi connectivity index (χ0) is 25.0. The first kappa shape index (κ1) is 25.5. The van der Waals surface area contributed by atoms with Crippen molar-refractivity contribution in [3.8, 4) is 0 Å². The molecular weight excluding hydrogens is 442 g/mol. The van der Waals surface area contributed by atoms with Crippen LogP contribution in [0.1, 0.15) is 52.0 Å². The number of fused-ring (bicyclic) bond motifs is 1. The molecule has 4 rings (SSSR count). The maximum absolute atomic E-state index is 13.7. The van der Waals surface area contributed by atoms with Gasteiger partial charge in [0.2, 0.25) is 5.91 Å². The molecule has 1 aliphatic heterocycles. The molecule has 1 aliphatic carbocycles. The number of nitrogens with one attached hydrogen (secondary N) is 3. The number of benzene rings is 1. The van der Waals surface area contributed by atoms with E-state index in [4.69, 9.17) is 4.74 Å². The first-order chi connectivity index (χ1) is 16.7. The zero-order valence-electron chi connectivity index (χ0n) is 21.6. The Morgan fingerprint density at radius 3 is 2.69 bits per heavy atom. The summed E-state index contributed by atoms with van der Waals surface area (Å²) in [7, 11) is 1.73. The molecule has 3 N–H and O–H groups in total. The van der Waals surface area contributed by atoms with Gasteiger partial charge in [0.05, 0.1) is 5.92 Å². The number of aryl methyl sites for hydroxylation is 1. The van der Waals surface area contributed by atoms with Crippen molar-refractivity contribution in [1.29, 1.82) is 0 Å². The first-order valence-corrected chi connectivity index (χ1v) is 12.9. The third kappa shape index (κ3) is 6.76. The Bertz CT molecular complexity index is 1020. The van der Waals surface area contributed by atoms with Gasteiger partial charge < -0.3 is 30.2 Å². The molecule has 2 atom stereocenters. The molecule has 0 spiro atoms. The quantitative estimate of drug-likeness (QED) is 0.478. The van der Waals surface area contributed by atoms with Gasteiger partial charge in [-0.25, -0.2) is 4.79 Å². The van der Waals surface area contributed by atoms with E-state index in [0.717, 1.165) is 32.4 Å². The van der Waals surface area contributed by atoms with Crippen molar-refractivity contribution >= 4 is 22.8 Å². The van der Waals surface area contributed by atoms with Gasteiger partial charge in [0, 0.05) is 74.6 Å². The van der Waals surface area contributed by atoms with Gasteiger partial charge in [-0.1, -0.05) is 18.2 Å². The van der Waals surface area contributed by atoms with Crippen LogP contribution in [0, 0.1) is 5.92 Å². The maximum atomic E-state index is 13.7. The number of piperidine rings is 1. The van der Waals surface area contributed by atoms with Gasteiger partial charge in [0.25, 0.3) is 0 Å². The van der Waals surface area contributed by atoms with Gasteiger partial charge >= 0.3 is 6.03 Å². The van der Waals surface area contributed by atoms with Crippen LogP contribution in [-0.4, -0.2) is 65.8 Å². The molecule has 3 amide bonds. The van der Waals surface area contributed by atoms with Crippen LogP contribution in [0.25, 0.3) is 10.9 Å². The number of carbonyl (C=O) groups is 2. The van der Waals surface area contributed by atoms with E-state index >= 15 is 0 Å². The van der Waals surface area contributed by atoms with Crippen molar-refractivity contribution in [3.63, 3.8) is 0 Å². The lowest BCUT2D eigenvalue weighted by Crippen LogP contribution is -2.56. The summed E-state index contributed by atoms with van der Waals surface area (Å²) < 4.78 is 7.53. The Balaban J connectivity index is 1.45. The summed E-state index contributed by atoms with van der Waals surface area (Å²) in [5.74, 6) is 0.0540. The number of methoxy groups -OCH3 is 1. The number of nitrogens with zero attached hydrogens (tertiary/aromatic N) is 2. The minimum absolute atomic E-state index is 0.0659. The number of aromatic nitrogens is 1. The number of para-hydroxylation sites is 1. The molecule has 2 unspecified atom stereocenters. The van der Waals surface area contributed by atoms with Crippen molar-refractivity contribution in [1.82, 2.24) is 25.4 Å². The summed E-state index contributed by atoms with van der Waals surface area (Å²) in [6, 6.07) is 8.51. The maximum Gasteiger partial charge on any atom is 0.315 e.